The van der Waals surface area contributed by atoms with Gasteiger partial charge in [0.15, 0.2) is 0 Å². The molecule has 0 aliphatic carbocycles. The number of nitrogens with one attached hydrogen (secondary N) is 1. The van der Waals surface area contributed by atoms with Gasteiger partial charge in [0.05, 0.1) is 13.2 Å². The predicted molar refractivity (Wildman–Crippen MR) is 122 cm³/mol. The van der Waals surface area contributed by atoms with Gasteiger partial charge in [-0.3, -0.25) is 14.4 Å². The van der Waals surface area contributed by atoms with Crippen LogP contribution < -0.4 is 5.32 Å². The molecule has 182 valence electrons. The van der Waals surface area contributed by atoms with Crippen molar-refractivity contribution in [1.29, 1.82) is 0 Å². The van der Waals surface area contributed by atoms with Gasteiger partial charge in [-0.05, 0) is 19.3 Å². The number of carboxylic acid groups (broad SMARTS) is 1. The first kappa shape index (κ1) is 29.5. The maximum Gasteiger partial charge on any atom is 0.303 e. The summed E-state index contributed by atoms with van der Waals surface area (Å²) in [5.41, 5.74) is 0. The molecule has 2 N–H and O–H groups in total. The van der Waals surface area contributed by atoms with Gasteiger partial charge in [-0.2, -0.15) is 0 Å². The molecule has 0 aliphatic heterocycles. The molecule has 0 heterocycles. The molecule has 0 atom stereocenters. The van der Waals surface area contributed by atoms with E-state index in [2.05, 4.69) is 5.32 Å². The Hall–Kier alpha value is -1.47. The smallest absolute Gasteiger partial charge is 0.303 e. The number of ketones is 1. The fourth-order valence-electron chi connectivity index (χ4n) is 3.32. The van der Waals surface area contributed by atoms with Crippen LogP contribution >= 0.6 is 0 Å². The lowest BCUT2D eigenvalue weighted by atomic mass is 10.0. The molecule has 0 aliphatic rings. The van der Waals surface area contributed by atoms with Gasteiger partial charge in [0.2, 0.25) is 5.91 Å². The minimum atomic E-state index is -0.687. The van der Waals surface area contributed by atoms with Crippen LogP contribution in [0.15, 0.2) is 0 Å². The highest BCUT2D eigenvalue weighted by molar-refractivity contribution is 5.78. The van der Waals surface area contributed by atoms with E-state index >= 15 is 0 Å². The zero-order valence-electron chi connectivity index (χ0n) is 19.6. The highest BCUT2D eigenvalue weighted by atomic mass is 16.5. The number of carbonyl (C=O) groups excluding carboxylic acids is 2. The minimum absolute atomic E-state index is 0.0515. The molecule has 7 heteroatoms. The predicted octanol–water partition coefficient (Wildman–Crippen LogP) is 4.66. The Morgan fingerprint density at radius 3 is 1.58 bits per heavy atom. The van der Waals surface area contributed by atoms with Gasteiger partial charge in [-0.1, -0.05) is 64.2 Å². The third-order valence-electron chi connectivity index (χ3n) is 5.22. The first-order chi connectivity index (χ1) is 15.1. The monoisotopic (exact) mass is 443 g/mol. The Labute approximate surface area is 188 Å². The minimum Gasteiger partial charge on any atom is -0.481 e. The van der Waals surface area contributed by atoms with E-state index in [0.29, 0.717) is 44.9 Å². The lowest BCUT2D eigenvalue weighted by Gasteiger charge is -2.05. The SMILES string of the molecule is CNC(=O)COCCOCCCC(=O)CCCCCCCCCCCCCCC(=O)O. The average Bonchev–Trinajstić information content (AvgIpc) is 2.75. The molecule has 1 amide bonds. The molecular weight excluding hydrogens is 398 g/mol. The number of aliphatic carboxylic acids is 1. The molecule has 0 aromatic heterocycles. The summed E-state index contributed by atoms with van der Waals surface area (Å²) in [5, 5.41) is 11.1. The maximum atomic E-state index is 11.9. The molecule has 0 saturated heterocycles. The van der Waals surface area contributed by atoms with Gasteiger partial charge in [0.25, 0.3) is 0 Å². The van der Waals surface area contributed by atoms with Crippen LogP contribution in [0.5, 0.6) is 0 Å². The van der Waals surface area contributed by atoms with Crippen molar-refractivity contribution in [2.45, 2.75) is 103 Å². The number of rotatable bonds is 24. The maximum absolute atomic E-state index is 11.9. The summed E-state index contributed by atoms with van der Waals surface area (Å²) in [4.78, 5) is 33.2. The van der Waals surface area contributed by atoms with Crippen molar-refractivity contribution >= 4 is 17.7 Å². The van der Waals surface area contributed by atoms with Crippen LogP contribution in [0.1, 0.15) is 103 Å². The number of carbonyl (C=O) groups is 3. The van der Waals surface area contributed by atoms with Gasteiger partial charge < -0.3 is 19.9 Å². The number of ether oxygens (including phenoxy) is 2. The molecule has 31 heavy (non-hydrogen) atoms. The average molecular weight is 444 g/mol. The van der Waals surface area contributed by atoms with E-state index in [9.17, 15) is 14.4 Å². The van der Waals surface area contributed by atoms with Crippen LogP contribution in [0.25, 0.3) is 0 Å². The number of unbranched alkanes of at least 4 members (excludes halogenated alkanes) is 11. The first-order valence-corrected chi connectivity index (χ1v) is 12.2. The van der Waals surface area contributed by atoms with Crippen LogP contribution in [0.2, 0.25) is 0 Å². The molecule has 7 nitrogen and oxygen atoms in total. The van der Waals surface area contributed by atoms with Crippen molar-refractivity contribution in [2.75, 3.05) is 33.5 Å². The highest BCUT2D eigenvalue weighted by Gasteiger charge is 2.03. The van der Waals surface area contributed by atoms with E-state index in [-0.39, 0.29) is 12.5 Å². The Kier molecular flexibility index (Phi) is 22.1. The molecule has 0 aromatic rings. The van der Waals surface area contributed by atoms with Gasteiger partial charge in [-0.15, -0.1) is 0 Å². The summed E-state index contributed by atoms with van der Waals surface area (Å²) in [5.74, 6) is -0.514. The summed E-state index contributed by atoms with van der Waals surface area (Å²) >= 11 is 0. The standard InChI is InChI=1S/C24H45NO6/c1-25-23(27)21-31-20-19-30-18-14-16-22(26)15-12-10-8-6-4-2-3-5-7-9-11-13-17-24(28)29/h2-21H2,1H3,(H,25,27)(H,28,29). The highest BCUT2D eigenvalue weighted by Crippen LogP contribution is 2.13. The zero-order valence-corrected chi connectivity index (χ0v) is 19.6. The number of carboxylic acids is 1. The Balaban J connectivity index is 3.19. The van der Waals surface area contributed by atoms with Crippen molar-refractivity contribution in [3.63, 3.8) is 0 Å². The van der Waals surface area contributed by atoms with Crippen molar-refractivity contribution < 1.29 is 29.0 Å². The molecule has 0 unspecified atom stereocenters. The quantitative estimate of drug-likeness (QED) is 0.210. The molecule has 0 radical (unpaired) electrons. The summed E-state index contributed by atoms with van der Waals surface area (Å²) in [6.45, 7) is 1.43. The van der Waals surface area contributed by atoms with Gasteiger partial charge >= 0.3 is 5.97 Å². The van der Waals surface area contributed by atoms with E-state index < -0.39 is 5.97 Å². The Bertz CT molecular complexity index is 455. The van der Waals surface area contributed by atoms with E-state index in [1.807, 2.05) is 0 Å². The van der Waals surface area contributed by atoms with Crippen molar-refractivity contribution in [2.24, 2.45) is 0 Å². The molecule has 0 aromatic carbocycles. The van der Waals surface area contributed by atoms with E-state index in [1.165, 1.54) is 44.9 Å². The van der Waals surface area contributed by atoms with E-state index in [4.69, 9.17) is 14.6 Å². The first-order valence-electron chi connectivity index (χ1n) is 12.2. The third-order valence-corrected chi connectivity index (χ3v) is 5.22. The molecular formula is C24H45NO6. The molecule has 0 rings (SSSR count). The second-order valence-corrected chi connectivity index (χ2v) is 8.12. The number of hydrogen-bond acceptors (Lipinski definition) is 5. The topological polar surface area (TPSA) is 102 Å². The summed E-state index contributed by atoms with van der Waals surface area (Å²) in [6, 6.07) is 0. The largest absolute Gasteiger partial charge is 0.481 e. The van der Waals surface area contributed by atoms with Crippen LogP contribution in [0.4, 0.5) is 0 Å². The van der Waals surface area contributed by atoms with Crippen molar-refractivity contribution in [3.05, 3.63) is 0 Å². The normalized spacial score (nSPS) is 10.9. The number of hydrogen-bond donors (Lipinski definition) is 2. The van der Waals surface area contributed by atoms with Gasteiger partial charge in [-0.25, -0.2) is 0 Å². The summed E-state index contributed by atoms with van der Waals surface area (Å²) in [6.07, 6.45) is 16.2. The summed E-state index contributed by atoms with van der Waals surface area (Å²) in [7, 11) is 1.57. The zero-order chi connectivity index (χ0) is 23.0. The number of Topliss-reactive ketones (excluding diaryl/α,β-unsaturated/α-hetero) is 1. The van der Waals surface area contributed by atoms with Gasteiger partial charge in [0, 0.05) is 32.9 Å². The Morgan fingerprint density at radius 1 is 0.613 bits per heavy atom. The fourth-order valence-corrected chi connectivity index (χ4v) is 3.32. The number of amides is 1. The fraction of sp³-hybridized carbons (Fsp3) is 0.875. The van der Waals surface area contributed by atoms with E-state index in [0.717, 1.165) is 38.5 Å². The number of likely N-dealkylation sites (N-methyl/N-ethyl adjacent to an activating group) is 1. The molecule has 0 fully saturated rings. The second kappa shape index (κ2) is 23.2. The lowest BCUT2D eigenvalue weighted by Crippen LogP contribution is -2.24. The second-order valence-electron chi connectivity index (χ2n) is 8.12. The lowest BCUT2D eigenvalue weighted by molar-refractivity contribution is -0.137. The summed E-state index contributed by atoms with van der Waals surface area (Å²) < 4.78 is 10.5. The molecule has 0 spiro atoms. The Morgan fingerprint density at radius 2 is 1.06 bits per heavy atom. The molecule has 0 saturated carbocycles. The van der Waals surface area contributed by atoms with Crippen LogP contribution in [-0.4, -0.2) is 56.2 Å². The van der Waals surface area contributed by atoms with E-state index in [1.54, 1.807) is 7.05 Å². The van der Waals surface area contributed by atoms with Crippen LogP contribution in [-0.2, 0) is 23.9 Å². The van der Waals surface area contributed by atoms with Gasteiger partial charge in [0.1, 0.15) is 12.4 Å². The van der Waals surface area contributed by atoms with Crippen molar-refractivity contribution in [3.8, 4) is 0 Å². The van der Waals surface area contributed by atoms with Crippen LogP contribution in [0, 0.1) is 0 Å². The third kappa shape index (κ3) is 24.7. The van der Waals surface area contributed by atoms with Crippen LogP contribution in [0.3, 0.4) is 0 Å². The van der Waals surface area contributed by atoms with Crippen molar-refractivity contribution in [1.82, 2.24) is 5.32 Å². The molecule has 0 bridgehead atoms.